The Balaban J connectivity index is 2.30. The highest BCUT2D eigenvalue weighted by atomic mass is 35.5. The molecule has 1 aromatic rings. The van der Waals surface area contributed by atoms with Crippen LogP contribution in [0.5, 0.6) is 0 Å². The van der Waals surface area contributed by atoms with Crippen molar-refractivity contribution >= 4 is 23.4 Å². The van der Waals surface area contributed by atoms with Crippen molar-refractivity contribution in [2.75, 3.05) is 18.0 Å². The maximum atomic E-state index is 13.5. The number of carbonyl (C=O) groups is 1. The quantitative estimate of drug-likeness (QED) is 0.763. The second-order valence-corrected chi connectivity index (χ2v) is 6.95. The Hall–Kier alpha value is -1.50. The van der Waals surface area contributed by atoms with Crippen molar-refractivity contribution < 1.29 is 18.3 Å². The molecule has 0 saturated carbocycles. The predicted molar refractivity (Wildman–Crippen MR) is 83.2 cm³/mol. The van der Waals surface area contributed by atoms with E-state index in [4.69, 9.17) is 16.3 Å². The summed E-state index contributed by atoms with van der Waals surface area (Å²) in [5, 5.41) is 0.100. The fraction of sp³-hybridized carbons (Fsp3) is 0.667. The zero-order valence-corrected chi connectivity index (χ0v) is 14.2. The molecule has 0 spiro atoms. The van der Waals surface area contributed by atoms with Gasteiger partial charge in [-0.25, -0.2) is 23.5 Å². The Morgan fingerprint density at radius 2 is 2.04 bits per heavy atom. The lowest BCUT2D eigenvalue weighted by atomic mass is 10.1. The molecule has 1 aliphatic heterocycles. The second-order valence-electron chi connectivity index (χ2n) is 6.56. The minimum Gasteiger partial charge on any atom is -0.455 e. The van der Waals surface area contributed by atoms with Crippen molar-refractivity contribution in [2.45, 2.75) is 51.6 Å². The van der Waals surface area contributed by atoms with Crippen LogP contribution in [0.25, 0.3) is 0 Å². The summed E-state index contributed by atoms with van der Waals surface area (Å²) >= 11 is 5.87. The van der Waals surface area contributed by atoms with Gasteiger partial charge in [0, 0.05) is 25.9 Å². The van der Waals surface area contributed by atoms with Gasteiger partial charge >= 0.3 is 5.97 Å². The largest absolute Gasteiger partial charge is 0.455 e. The van der Waals surface area contributed by atoms with Gasteiger partial charge in [-0.15, -0.1) is 0 Å². The summed E-state index contributed by atoms with van der Waals surface area (Å²) < 4.78 is 32.4. The van der Waals surface area contributed by atoms with Gasteiger partial charge in [0.15, 0.2) is 11.5 Å². The molecular formula is C15H20ClF2N3O2. The number of rotatable bonds is 2. The number of carbonyl (C=O) groups excluding carboxylic acids is 1. The Labute approximate surface area is 139 Å². The van der Waals surface area contributed by atoms with E-state index < -0.39 is 17.5 Å². The molecular weight excluding hydrogens is 328 g/mol. The molecule has 1 aromatic heterocycles. The molecule has 5 nitrogen and oxygen atoms in total. The zero-order chi connectivity index (χ0) is 17.3. The molecule has 1 fully saturated rings. The lowest BCUT2D eigenvalue weighted by Crippen LogP contribution is -2.31. The molecule has 0 aliphatic carbocycles. The third kappa shape index (κ3) is 4.99. The summed E-state index contributed by atoms with van der Waals surface area (Å²) in [5.41, 5.74) is -0.698. The summed E-state index contributed by atoms with van der Waals surface area (Å²) in [6.45, 7) is 5.65. The van der Waals surface area contributed by atoms with Crippen LogP contribution in [0, 0.1) is 0 Å². The van der Waals surface area contributed by atoms with Crippen molar-refractivity contribution in [3.05, 3.63) is 17.0 Å². The van der Waals surface area contributed by atoms with E-state index in [1.807, 2.05) is 0 Å². The van der Waals surface area contributed by atoms with Crippen LogP contribution < -0.4 is 4.90 Å². The highest BCUT2D eigenvalue weighted by Gasteiger charge is 2.34. The molecule has 0 N–H and O–H groups in total. The van der Waals surface area contributed by atoms with Crippen LogP contribution in [0.1, 0.15) is 50.5 Å². The van der Waals surface area contributed by atoms with Gasteiger partial charge < -0.3 is 9.64 Å². The van der Waals surface area contributed by atoms with Crippen LogP contribution in [-0.4, -0.2) is 40.6 Å². The number of nitrogens with zero attached hydrogens (tertiary/aromatic N) is 3. The van der Waals surface area contributed by atoms with Gasteiger partial charge in [0.05, 0.1) is 6.20 Å². The number of hydrogen-bond acceptors (Lipinski definition) is 5. The number of anilines is 1. The van der Waals surface area contributed by atoms with E-state index in [2.05, 4.69) is 9.97 Å². The van der Waals surface area contributed by atoms with Gasteiger partial charge in [0.1, 0.15) is 10.8 Å². The Morgan fingerprint density at radius 1 is 1.35 bits per heavy atom. The summed E-state index contributed by atoms with van der Waals surface area (Å²) in [6, 6.07) is 0. The average Bonchev–Trinajstić information content (AvgIpc) is 2.57. The molecule has 1 saturated heterocycles. The monoisotopic (exact) mass is 347 g/mol. The van der Waals surface area contributed by atoms with Gasteiger partial charge in [-0.1, -0.05) is 11.6 Å². The zero-order valence-electron chi connectivity index (χ0n) is 13.4. The van der Waals surface area contributed by atoms with E-state index in [-0.39, 0.29) is 36.1 Å². The molecule has 0 aromatic carbocycles. The predicted octanol–water partition coefficient (Wildman–Crippen LogP) is 3.71. The first kappa shape index (κ1) is 17.8. The lowest BCUT2D eigenvalue weighted by Gasteiger charge is -2.25. The first-order valence-electron chi connectivity index (χ1n) is 7.46. The number of esters is 1. The highest BCUT2D eigenvalue weighted by molar-refractivity contribution is 6.29. The maximum Gasteiger partial charge on any atom is 0.361 e. The van der Waals surface area contributed by atoms with Gasteiger partial charge in [0.25, 0.3) is 0 Å². The van der Waals surface area contributed by atoms with Crippen LogP contribution in [0.15, 0.2) is 6.20 Å². The average molecular weight is 348 g/mol. The van der Waals surface area contributed by atoms with Gasteiger partial charge in [-0.3, -0.25) is 0 Å². The van der Waals surface area contributed by atoms with E-state index in [9.17, 15) is 13.6 Å². The Morgan fingerprint density at radius 3 is 2.70 bits per heavy atom. The maximum absolute atomic E-state index is 13.5. The van der Waals surface area contributed by atoms with E-state index in [1.165, 1.54) is 6.20 Å². The lowest BCUT2D eigenvalue weighted by molar-refractivity contribution is -0.0102. The van der Waals surface area contributed by atoms with Crippen LogP contribution in [0.3, 0.4) is 0 Å². The summed E-state index contributed by atoms with van der Waals surface area (Å²) in [5.74, 6) is -3.15. The Kier molecular flexibility index (Phi) is 5.08. The first-order chi connectivity index (χ1) is 10.6. The van der Waals surface area contributed by atoms with Crippen molar-refractivity contribution in [2.24, 2.45) is 0 Å². The van der Waals surface area contributed by atoms with Gasteiger partial charge in [-0.2, -0.15) is 0 Å². The van der Waals surface area contributed by atoms with Crippen molar-refractivity contribution in [3.8, 4) is 0 Å². The smallest absolute Gasteiger partial charge is 0.361 e. The number of alkyl halides is 2. The second kappa shape index (κ2) is 6.55. The molecule has 0 bridgehead atoms. The number of aromatic nitrogens is 2. The molecule has 0 radical (unpaired) electrons. The number of hydrogen-bond donors (Lipinski definition) is 0. The first-order valence-corrected chi connectivity index (χ1v) is 7.84. The third-order valence-electron chi connectivity index (χ3n) is 3.33. The topological polar surface area (TPSA) is 55.3 Å². The van der Waals surface area contributed by atoms with E-state index in [0.717, 1.165) is 0 Å². The van der Waals surface area contributed by atoms with Crippen LogP contribution >= 0.6 is 11.6 Å². The fourth-order valence-electron chi connectivity index (χ4n) is 2.33. The molecule has 2 rings (SSSR count). The highest BCUT2D eigenvalue weighted by Crippen LogP contribution is 2.31. The van der Waals surface area contributed by atoms with Crippen molar-refractivity contribution in [3.63, 3.8) is 0 Å². The SMILES string of the molecule is CC(C)(C)OC(=O)c1ncc(Cl)nc1N1CCCC(F)(F)CC1. The van der Waals surface area contributed by atoms with E-state index in [1.54, 1.807) is 25.7 Å². The third-order valence-corrected chi connectivity index (χ3v) is 3.52. The number of ether oxygens (including phenoxy) is 1. The van der Waals surface area contributed by atoms with Crippen molar-refractivity contribution in [1.82, 2.24) is 9.97 Å². The standard InChI is InChI=1S/C15H20ClF2N3O2/c1-14(2,3)23-13(22)11-12(20-10(16)9-19-11)21-7-4-5-15(17,18)6-8-21/h9H,4-8H2,1-3H3. The number of halogens is 3. The van der Waals surface area contributed by atoms with Crippen LogP contribution in [-0.2, 0) is 4.74 Å². The van der Waals surface area contributed by atoms with Crippen molar-refractivity contribution in [1.29, 1.82) is 0 Å². The molecule has 8 heteroatoms. The van der Waals surface area contributed by atoms with Crippen LogP contribution in [0.4, 0.5) is 14.6 Å². The van der Waals surface area contributed by atoms with Gasteiger partial charge in [0.2, 0.25) is 5.92 Å². The summed E-state index contributed by atoms with van der Waals surface area (Å²) in [4.78, 5) is 22.1. The fourth-order valence-corrected chi connectivity index (χ4v) is 2.45. The molecule has 2 heterocycles. The molecule has 23 heavy (non-hydrogen) atoms. The minimum absolute atomic E-state index is 0.00505. The Bertz CT molecular complexity index is 591. The molecule has 1 aliphatic rings. The molecule has 0 amide bonds. The van der Waals surface area contributed by atoms with Crippen LogP contribution in [0.2, 0.25) is 5.15 Å². The summed E-state index contributed by atoms with van der Waals surface area (Å²) in [6.07, 6.45) is 1.07. The minimum atomic E-state index is -2.70. The summed E-state index contributed by atoms with van der Waals surface area (Å²) in [7, 11) is 0. The van der Waals surface area contributed by atoms with Gasteiger partial charge in [-0.05, 0) is 27.2 Å². The van der Waals surface area contributed by atoms with E-state index >= 15 is 0 Å². The normalized spacial score (nSPS) is 18.4. The molecule has 0 atom stereocenters. The molecule has 128 valence electrons. The van der Waals surface area contributed by atoms with E-state index in [0.29, 0.717) is 13.0 Å². The molecule has 0 unspecified atom stereocenters.